The summed E-state index contributed by atoms with van der Waals surface area (Å²) >= 11 is 0. The number of hydrogen-bond acceptors (Lipinski definition) is 9. The van der Waals surface area contributed by atoms with Crippen molar-refractivity contribution >= 4 is 40.9 Å². The summed E-state index contributed by atoms with van der Waals surface area (Å²) < 4.78 is 26.7. The van der Waals surface area contributed by atoms with Crippen molar-refractivity contribution in [2.45, 2.75) is 25.4 Å². The van der Waals surface area contributed by atoms with Gasteiger partial charge in [-0.2, -0.15) is 0 Å². The van der Waals surface area contributed by atoms with Gasteiger partial charge in [0.1, 0.15) is 17.6 Å². The fraction of sp³-hybridized carbons (Fsp3) is 0.407. The van der Waals surface area contributed by atoms with Gasteiger partial charge in [0, 0.05) is 64.2 Å². The van der Waals surface area contributed by atoms with E-state index < -0.39 is 18.0 Å². The van der Waals surface area contributed by atoms with Crippen LogP contribution in [0.15, 0.2) is 43.0 Å². The molecule has 13 nitrogen and oxygen atoms in total. The molecule has 41 heavy (non-hydrogen) atoms. The van der Waals surface area contributed by atoms with Gasteiger partial charge in [0.15, 0.2) is 5.65 Å². The molecule has 4 heterocycles. The first-order valence-corrected chi connectivity index (χ1v) is 13.3. The van der Waals surface area contributed by atoms with Crippen molar-refractivity contribution in [3.05, 3.63) is 54.5 Å². The fourth-order valence-electron chi connectivity index (χ4n) is 4.86. The zero-order chi connectivity index (χ0) is 28.9. The van der Waals surface area contributed by atoms with Crippen LogP contribution in [0.5, 0.6) is 0 Å². The maximum Gasteiger partial charge on any atom is 0.414 e. The Morgan fingerprint density at radius 2 is 1.98 bits per heavy atom. The van der Waals surface area contributed by atoms with Gasteiger partial charge in [0.25, 0.3) is 5.91 Å². The number of ether oxygens (including phenoxy) is 2. The number of hydrogen-bond donors (Lipinski definition) is 1. The maximum atomic E-state index is 15.1. The zero-order valence-corrected chi connectivity index (χ0v) is 22.5. The minimum absolute atomic E-state index is 0.103. The molecule has 0 bridgehead atoms. The largest absolute Gasteiger partial charge is 0.469 e. The number of carbonyl (C=O) groups excluding carboxylic acids is 4. The van der Waals surface area contributed by atoms with Crippen LogP contribution >= 0.6 is 0 Å². The van der Waals surface area contributed by atoms with Gasteiger partial charge in [-0.3, -0.25) is 24.3 Å². The van der Waals surface area contributed by atoms with Crippen molar-refractivity contribution in [2.75, 3.05) is 56.2 Å². The number of anilines is 2. The van der Waals surface area contributed by atoms with Crippen molar-refractivity contribution in [1.82, 2.24) is 24.6 Å². The van der Waals surface area contributed by atoms with E-state index >= 15 is 4.39 Å². The number of carbonyl (C=O) groups is 4. The number of fused-ring (bicyclic) bond motifs is 1. The van der Waals surface area contributed by atoms with E-state index in [-0.39, 0.29) is 49.4 Å². The Morgan fingerprint density at radius 3 is 2.71 bits per heavy atom. The Morgan fingerprint density at radius 1 is 1.17 bits per heavy atom. The Labute approximate surface area is 234 Å². The molecule has 1 atom stereocenters. The molecule has 2 fully saturated rings. The van der Waals surface area contributed by atoms with Gasteiger partial charge in [-0.05, 0) is 24.6 Å². The van der Waals surface area contributed by atoms with Crippen molar-refractivity contribution < 1.29 is 33.0 Å². The first kappa shape index (κ1) is 27.8. The number of nitrogens with one attached hydrogen (secondary N) is 1. The molecule has 0 aliphatic carbocycles. The average molecular weight is 568 g/mol. The standard InChI is InChI=1S/C27H30FN7O6/c1-40-25(37)5-3-19-16-35(27(39)41-19)18-2-4-22(20(28)14-18)32-10-12-33(13-11-32)24(36)6-7-30-26(38)21-17-34-9-8-29-15-23(34)31-21/h2,4,8-9,14-15,17,19H,3,5-7,10-13,16H2,1H3,(H,30,38)/t19-/m0/s1. The van der Waals surface area contributed by atoms with Crippen LogP contribution in [0.4, 0.5) is 20.6 Å². The first-order chi connectivity index (χ1) is 19.8. The van der Waals surface area contributed by atoms with Crippen LogP contribution in [0.3, 0.4) is 0 Å². The number of cyclic esters (lactones) is 1. The van der Waals surface area contributed by atoms with E-state index in [4.69, 9.17) is 4.74 Å². The summed E-state index contributed by atoms with van der Waals surface area (Å²) in [5, 5.41) is 2.72. The lowest BCUT2D eigenvalue weighted by Gasteiger charge is -2.36. The van der Waals surface area contributed by atoms with E-state index in [9.17, 15) is 19.2 Å². The Kier molecular flexibility index (Phi) is 8.26. The van der Waals surface area contributed by atoms with E-state index in [0.717, 1.165) is 0 Å². The molecular weight excluding hydrogens is 537 g/mol. The molecule has 2 aliphatic heterocycles. The molecule has 2 aliphatic rings. The van der Waals surface area contributed by atoms with Crippen molar-refractivity contribution in [3.8, 4) is 0 Å². The minimum Gasteiger partial charge on any atom is -0.469 e. The molecule has 216 valence electrons. The SMILES string of the molecule is COC(=O)CC[C@H]1CN(c2ccc(N3CCN(C(=O)CCNC(=O)c4cn5ccncc5n4)CC3)c(F)c2)C(=O)O1. The molecule has 14 heteroatoms. The second-order valence-corrected chi connectivity index (χ2v) is 9.71. The average Bonchev–Trinajstić information content (AvgIpc) is 3.59. The summed E-state index contributed by atoms with van der Waals surface area (Å²) in [4.78, 5) is 61.8. The Bertz CT molecular complexity index is 1420. The first-order valence-electron chi connectivity index (χ1n) is 13.3. The van der Waals surface area contributed by atoms with Crippen LogP contribution in [-0.2, 0) is 19.1 Å². The molecule has 3 amide bonds. The van der Waals surface area contributed by atoms with Gasteiger partial charge < -0.3 is 29.0 Å². The van der Waals surface area contributed by atoms with E-state index in [0.29, 0.717) is 49.6 Å². The molecule has 0 spiro atoms. The third-order valence-corrected chi connectivity index (χ3v) is 7.11. The normalized spacial score (nSPS) is 17.1. The van der Waals surface area contributed by atoms with Crippen LogP contribution in [0, 0.1) is 5.82 Å². The third kappa shape index (κ3) is 6.36. The number of aromatic nitrogens is 3. The van der Waals surface area contributed by atoms with Crippen molar-refractivity contribution in [1.29, 1.82) is 0 Å². The summed E-state index contributed by atoms with van der Waals surface area (Å²) in [5.74, 6) is -1.35. The summed E-state index contributed by atoms with van der Waals surface area (Å²) in [6.07, 6.45) is 5.95. The van der Waals surface area contributed by atoms with Crippen LogP contribution < -0.4 is 15.1 Å². The van der Waals surface area contributed by atoms with Gasteiger partial charge in [0.05, 0.1) is 31.2 Å². The van der Waals surface area contributed by atoms with Gasteiger partial charge in [-0.1, -0.05) is 0 Å². The lowest BCUT2D eigenvalue weighted by Crippen LogP contribution is -2.49. The monoisotopic (exact) mass is 567 g/mol. The van der Waals surface area contributed by atoms with Crippen LogP contribution in [-0.4, -0.2) is 95.6 Å². The number of halogens is 1. The predicted molar refractivity (Wildman–Crippen MR) is 144 cm³/mol. The lowest BCUT2D eigenvalue weighted by atomic mass is 10.1. The number of rotatable bonds is 9. The van der Waals surface area contributed by atoms with Crippen molar-refractivity contribution in [3.63, 3.8) is 0 Å². The number of piperazine rings is 1. The van der Waals surface area contributed by atoms with E-state index in [1.54, 1.807) is 46.2 Å². The molecule has 0 saturated carbocycles. The van der Waals surface area contributed by atoms with E-state index in [2.05, 4.69) is 20.0 Å². The number of imidazole rings is 1. The highest BCUT2D eigenvalue weighted by atomic mass is 19.1. The minimum atomic E-state index is -0.592. The Balaban J connectivity index is 1.08. The molecule has 5 rings (SSSR count). The maximum absolute atomic E-state index is 15.1. The lowest BCUT2D eigenvalue weighted by molar-refractivity contribution is -0.141. The fourth-order valence-corrected chi connectivity index (χ4v) is 4.86. The highest BCUT2D eigenvalue weighted by Crippen LogP contribution is 2.29. The van der Waals surface area contributed by atoms with Crippen LogP contribution in [0.2, 0.25) is 0 Å². The second-order valence-electron chi connectivity index (χ2n) is 9.71. The quantitative estimate of drug-likeness (QED) is 0.382. The number of amides is 3. The van der Waals surface area contributed by atoms with E-state index in [1.165, 1.54) is 18.1 Å². The molecular formula is C27H30FN7O6. The summed E-state index contributed by atoms with van der Waals surface area (Å²) in [5.41, 5.74) is 1.54. The summed E-state index contributed by atoms with van der Waals surface area (Å²) in [6.45, 7) is 2.08. The smallest absolute Gasteiger partial charge is 0.414 e. The second kappa shape index (κ2) is 12.2. The molecule has 1 N–H and O–H groups in total. The molecule has 0 radical (unpaired) electrons. The molecule has 2 aromatic heterocycles. The molecule has 1 aromatic carbocycles. The number of esters is 1. The topological polar surface area (TPSA) is 139 Å². The highest BCUT2D eigenvalue weighted by Gasteiger charge is 2.33. The summed E-state index contributed by atoms with van der Waals surface area (Å²) in [6, 6.07) is 4.56. The number of methoxy groups -OCH3 is 1. The van der Waals surface area contributed by atoms with Crippen LogP contribution in [0.1, 0.15) is 29.8 Å². The van der Waals surface area contributed by atoms with Crippen LogP contribution in [0.25, 0.3) is 5.65 Å². The molecule has 2 saturated heterocycles. The molecule has 3 aromatic rings. The summed E-state index contributed by atoms with van der Waals surface area (Å²) in [7, 11) is 1.30. The predicted octanol–water partition coefficient (Wildman–Crippen LogP) is 1.62. The van der Waals surface area contributed by atoms with Gasteiger partial charge in [0.2, 0.25) is 5.91 Å². The van der Waals surface area contributed by atoms with E-state index in [1.807, 2.05) is 4.90 Å². The Hall–Kier alpha value is -4.75. The number of nitrogens with zero attached hydrogens (tertiary/aromatic N) is 6. The number of benzene rings is 1. The highest BCUT2D eigenvalue weighted by molar-refractivity contribution is 5.93. The van der Waals surface area contributed by atoms with Gasteiger partial charge in [-0.25, -0.2) is 14.2 Å². The third-order valence-electron chi connectivity index (χ3n) is 7.11. The molecule has 0 unspecified atom stereocenters. The van der Waals surface area contributed by atoms with Gasteiger partial charge >= 0.3 is 12.1 Å². The van der Waals surface area contributed by atoms with Gasteiger partial charge in [-0.15, -0.1) is 0 Å². The zero-order valence-electron chi connectivity index (χ0n) is 22.5. The van der Waals surface area contributed by atoms with Crippen molar-refractivity contribution in [2.24, 2.45) is 0 Å².